The van der Waals surface area contributed by atoms with E-state index in [-0.39, 0.29) is 11.1 Å². The van der Waals surface area contributed by atoms with E-state index in [9.17, 15) is 0 Å². The first kappa shape index (κ1) is 21.3. The van der Waals surface area contributed by atoms with E-state index in [2.05, 4.69) is 113 Å². The Morgan fingerprint density at radius 1 is 0.967 bits per heavy atom. The van der Waals surface area contributed by atoms with Crippen molar-refractivity contribution in [3.63, 3.8) is 0 Å². The van der Waals surface area contributed by atoms with Crippen LogP contribution in [0, 0.1) is 23.7 Å². The second-order valence-corrected chi connectivity index (χ2v) is 14.5. The number of allylic oxidation sites excluding steroid dienone is 3. The molecule has 0 radical (unpaired) electrons. The predicted octanol–water partition coefficient (Wildman–Crippen LogP) is 5.97. The maximum absolute atomic E-state index is 7.54. The van der Waals surface area contributed by atoms with Gasteiger partial charge in [0, 0.05) is 6.10 Å². The van der Waals surface area contributed by atoms with Crippen molar-refractivity contribution in [3.8, 4) is 0 Å². The average molecular weight is 417 g/mol. The molecular weight excluding hydrogens is 380 g/mol. The van der Waals surface area contributed by atoms with Gasteiger partial charge in [-0.15, -0.1) is 6.58 Å². The molecule has 1 nitrogen and oxygen atoms in total. The summed E-state index contributed by atoms with van der Waals surface area (Å²) < 4.78 is 7.54. The van der Waals surface area contributed by atoms with Crippen LogP contribution in [0.4, 0.5) is 0 Å². The van der Waals surface area contributed by atoms with Gasteiger partial charge in [-0.3, -0.25) is 0 Å². The van der Waals surface area contributed by atoms with Crippen LogP contribution in [0.3, 0.4) is 0 Å². The SMILES string of the molecule is C=CC[C@@H]1[C@H]2[C@H](C)C=C[C@H]2C[C@H]1O[Si](c1ccccc1)(c1ccccc1)C(C)(C)C. The third-order valence-corrected chi connectivity index (χ3v) is 12.5. The predicted molar refractivity (Wildman–Crippen MR) is 131 cm³/mol. The molecule has 1 saturated carbocycles. The molecule has 2 aromatic rings. The lowest BCUT2D eigenvalue weighted by Crippen LogP contribution is -2.68. The lowest BCUT2D eigenvalue weighted by atomic mass is 9.82. The largest absolute Gasteiger partial charge is 0.404 e. The topological polar surface area (TPSA) is 9.23 Å². The zero-order valence-electron chi connectivity index (χ0n) is 18.9. The molecule has 1 fully saturated rings. The highest BCUT2D eigenvalue weighted by atomic mass is 28.4. The Morgan fingerprint density at radius 3 is 2.03 bits per heavy atom. The van der Waals surface area contributed by atoms with Gasteiger partial charge in [-0.05, 0) is 51.9 Å². The molecule has 2 aliphatic rings. The molecular formula is C28H36OSi. The second-order valence-electron chi connectivity index (χ2n) is 10.2. The molecule has 2 heteroatoms. The van der Waals surface area contributed by atoms with Crippen LogP contribution in [0.15, 0.2) is 85.5 Å². The van der Waals surface area contributed by atoms with E-state index in [1.54, 1.807) is 0 Å². The number of benzene rings is 2. The highest BCUT2D eigenvalue weighted by molar-refractivity contribution is 6.99. The molecule has 0 saturated heterocycles. The Bertz CT molecular complexity index is 840. The molecule has 0 unspecified atom stereocenters. The van der Waals surface area contributed by atoms with Crippen LogP contribution in [0.25, 0.3) is 0 Å². The first-order valence-corrected chi connectivity index (χ1v) is 13.4. The van der Waals surface area contributed by atoms with Gasteiger partial charge in [0.25, 0.3) is 8.32 Å². The normalized spacial score (nSPS) is 28.5. The Hall–Kier alpha value is -1.90. The van der Waals surface area contributed by atoms with Gasteiger partial charge in [0.15, 0.2) is 0 Å². The van der Waals surface area contributed by atoms with Crippen molar-refractivity contribution in [2.24, 2.45) is 23.7 Å². The third-order valence-electron chi connectivity index (χ3n) is 7.42. The van der Waals surface area contributed by atoms with E-state index in [1.165, 1.54) is 10.4 Å². The molecule has 0 spiro atoms. The molecule has 4 rings (SSSR count). The molecule has 0 heterocycles. The fourth-order valence-electron chi connectivity index (χ4n) is 6.15. The van der Waals surface area contributed by atoms with Gasteiger partial charge >= 0.3 is 0 Å². The molecule has 158 valence electrons. The van der Waals surface area contributed by atoms with E-state index in [0.29, 0.717) is 23.7 Å². The smallest absolute Gasteiger partial charge is 0.261 e. The van der Waals surface area contributed by atoms with Crippen molar-refractivity contribution in [2.75, 3.05) is 0 Å². The van der Waals surface area contributed by atoms with E-state index in [0.717, 1.165) is 12.8 Å². The maximum atomic E-state index is 7.54. The van der Waals surface area contributed by atoms with Crippen LogP contribution in [-0.4, -0.2) is 14.4 Å². The number of rotatable bonds is 6. The van der Waals surface area contributed by atoms with E-state index in [4.69, 9.17) is 4.43 Å². The molecule has 30 heavy (non-hydrogen) atoms. The number of fused-ring (bicyclic) bond motifs is 1. The van der Waals surface area contributed by atoms with Gasteiger partial charge in [0.1, 0.15) is 0 Å². The van der Waals surface area contributed by atoms with Crippen molar-refractivity contribution in [2.45, 2.75) is 51.7 Å². The zero-order valence-corrected chi connectivity index (χ0v) is 19.9. The molecule has 0 bridgehead atoms. The fourth-order valence-corrected chi connectivity index (χ4v) is 10.9. The monoisotopic (exact) mass is 416 g/mol. The van der Waals surface area contributed by atoms with Crippen LogP contribution in [0.5, 0.6) is 0 Å². The summed E-state index contributed by atoms with van der Waals surface area (Å²) in [6.45, 7) is 13.6. The van der Waals surface area contributed by atoms with Crippen molar-refractivity contribution < 1.29 is 4.43 Å². The lowest BCUT2D eigenvalue weighted by Gasteiger charge is -2.46. The van der Waals surface area contributed by atoms with Gasteiger partial charge < -0.3 is 4.43 Å². The summed E-state index contributed by atoms with van der Waals surface area (Å²) in [5.41, 5.74) is 0. The Balaban J connectivity index is 1.83. The fraction of sp³-hybridized carbons (Fsp3) is 0.429. The average Bonchev–Trinajstić information content (AvgIpc) is 3.26. The van der Waals surface area contributed by atoms with Crippen LogP contribution < -0.4 is 10.4 Å². The quantitative estimate of drug-likeness (QED) is 0.417. The highest BCUT2D eigenvalue weighted by Gasteiger charge is 2.55. The van der Waals surface area contributed by atoms with Crippen molar-refractivity contribution in [1.29, 1.82) is 0 Å². The third kappa shape index (κ3) is 3.54. The summed E-state index contributed by atoms with van der Waals surface area (Å²) in [5, 5.41) is 2.77. The van der Waals surface area contributed by atoms with Gasteiger partial charge in [-0.2, -0.15) is 0 Å². The summed E-state index contributed by atoms with van der Waals surface area (Å²) in [6, 6.07) is 22.1. The Kier molecular flexibility index (Phi) is 5.92. The molecule has 5 atom stereocenters. The van der Waals surface area contributed by atoms with E-state index < -0.39 is 8.32 Å². The first-order valence-electron chi connectivity index (χ1n) is 11.5. The van der Waals surface area contributed by atoms with Crippen molar-refractivity contribution in [3.05, 3.63) is 85.5 Å². The van der Waals surface area contributed by atoms with Crippen molar-refractivity contribution >= 4 is 18.7 Å². The summed E-state index contributed by atoms with van der Waals surface area (Å²) in [7, 11) is -2.51. The minimum atomic E-state index is -2.51. The summed E-state index contributed by atoms with van der Waals surface area (Å²) in [6.07, 6.45) is 9.44. The highest BCUT2D eigenvalue weighted by Crippen LogP contribution is 2.51. The lowest BCUT2D eigenvalue weighted by molar-refractivity contribution is 0.124. The van der Waals surface area contributed by atoms with Gasteiger partial charge in [0.05, 0.1) is 0 Å². The van der Waals surface area contributed by atoms with Crippen molar-refractivity contribution in [1.82, 2.24) is 0 Å². The van der Waals surface area contributed by atoms with Gasteiger partial charge in [-0.25, -0.2) is 0 Å². The minimum Gasteiger partial charge on any atom is -0.404 e. The Morgan fingerprint density at radius 2 is 1.53 bits per heavy atom. The molecule has 0 aliphatic heterocycles. The standard InChI is InChI=1S/C28H36OSi/c1-6-13-25-26(20-22-19-18-21(2)27(22)25)29-30(28(3,4)5,23-14-9-7-10-15-23)24-16-11-8-12-17-24/h6-12,14-19,21-22,25-27H,1,13,20H2,2-5H3/t21-,22+,25+,26-,27+/m1/s1. The van der Waals surface area contributed by atoms with Crippen LogP contribution in [0.2, 0.25) is 5.04 Å². The molecule has 0 amide bonds. The van der Waals surface area contributed by atoms with E-state index >= 15 is 0 Å². The van der Waals surface area contributed by atoms with Crippen LogP contribution in [0.1, 0.15) is 40.5 Å². The van der Waals surface area contributed by atoms with Gasteiger partial charge in [-0.1, -0.05) is 107 Å². The van der Waals surface area contributed by atoms with Crippen LogP contribution >= 0.6 is 0 Å². The zero-order chi connectivity index (χ0) is 21.4. The number of hydrogen-bond donors (Lipinski definition) is 0. The summed E-state index contributed by atoms with van der Waals surface area (Å²) >= 11 is 0. The van der Waals surface area contributed by atoms with Gasteiger partial charge in [0.2, 0.25) is 0 Å². The Labute approximate surface area is 184 Å². The molecule has 2 aliphatic carbocycles. The first-order chi connectivity index (χ1) is 14.4. The molecule has 2 aromatic carbocycles. The second kappa shape index (κ2) is 8.32. The molecule has 0 N–H and O–H groups in total. The van der Waals surface area contributed by atoms with Crippen LogP contribution in [-0.2, 0) is 4.43 Å². The summed E-state index contributed by atoms with van der Waals surface area (Å²) in [5.74, 6) is 2.51. The molecule has 0 aromatic heterocycles. The summed E-state index contributed by atoms with van der Waals surface area (Å²) in [4.78, 5) is 0. The minimum absolute atomic E-state index is 0.0214. The van der Waals surface area contributed by atoms with E-state index in [1.807, 2.05) is 0 Å². The maximum Gasteiger partial charge on any atom is 0.261 e. The number of hydrogen-bond acceptors (Lipinski definition) is 1.